The topological polar surface area (TPSA) is 45.9 Å². The smallest absolute Gasteiger partial charge is 0.119 e. The van der Waals surface area contributed by atoms with Gasteiger partial charge >= 0.3 is 0 Å². The van der Waals surface area contributed by atoms with Gasteiger partial charge in [0, 0.05) is 16.9 Å². The fourth-order valence-corrected chi connectivity index (χ4v) is 2.19. The summed E-state index contributed by atoms with van der Waals surface area (Å²) < 4.78 is 5.20. The third-order valence-corrected chi connectivity index (χ3v) is 3.29. The van der Waals surface area contributed by atoms with Crippen LogP contribution in [0.15, 0.2) is 30.5 Å². The third-order valence-electron chi connectivity index (χ3n) is 2.64. The molecule has 1 atom stereocenters. The van der Waals surface area contributed by atoms with Crippen molar-refractivity contribution in [2.75, 3.05) is 12.4 Å². The summed E-state index contributed by atoms with van der Waals surface area (Å²) >= 11 is 3.34. The summed E-state index contributed by atoms with van der Waals surface area (Å²) in [5, 5.41) is 11.7. The van der Waals surface area contributed by atoms with Crippen molar-refractivity contribution in [2.45, 2.75) is 5.92 Å². The summed E-state index contributed by atoms with van der Waals surface area (Å²) in [5.74, 6) is 0.531. The standard InChI is InChI=1S/C13H11BrN2O/c1-17-11-3-2-9-4-5-16-13(12(9)6-11)10(7-14)8-15/h2-6,10H,7H2,1H3. The molecule has 0 bridgehead atoms. The average molecular weight is 291 g/mol. The fraction of sp³-hybridized carbons (Fsp3) is 0.231. The highest BCUT2D eigenvalue weighted by atomic mass is 79.9. The molecule has 0 aliphatic carbocycles. The van der Waals surface area contributed by atoms with Gasteiger partial charge in [-0.3, -0.25) is 4.98 Å². The van der Waals surface area contributed by atoms with E-state index in [2.05, 4.69) is 27.0 Å². The van der Waals surface area contributed by atoms with Crippen LogP contribution in [0.2, 0.25) is 0 Å². The Morgan fingerprint density at radius 3 is 2.94 bits per heavy atom. The van der Waals surface area contributed by atoms with E-state index >= 15 is 0 Å². The number of fused-ring (bicyclic) bond motifs is 1. The first-order valence-corrected chi connectivity index (χ1v) is 6.30. The van der Waals surface area contributed by atoms with Crippen LogP contribution in [0, 0.1) is 11.3 Å². The van der Waals surface area contributed by atoms with Crippen LogP contribution in [0.3, 0.4) is 0 Å². The van der Waals surface area contributed by atoms with Gasteiger partial charge in [0.05, 0.1) is 24.8 Å². The molecule has 0 saturated carbocycles. The lowest BCUT2D eigenvalue weighted by Gasteiger charge is -2.09. The summed E-state index contributed by atoms with van der Waals surface area (Å²) in [6.07, 6.45) is 1.73. The van der Waals surface area contributed by atoms with Crippen molar-refractivity contribution >= 4 is 26.7 Å². The van der Waals surface area contributed by atoms with Crippen molar-refractivity contribution in [1.82, 2.24) is 4.98 Å². The van der Waals surface area contributed by atoms with Gasteiger partial charge in [-0.05, 0) is 23.6 Å². The van der Waals surface area contributed by atoms with Crippen molar-refractivity contribution in [3.8, 4) is 11.8 Å². The molecule has 1 aromatic heterocycles. The first-order valence-electron chi connectivity index (χ1n) is 5.18. The number of hydrogen-bond donors (Lipinski definition) is 0. The predicted octanol–water partition coefficient (Wildman–Crippen LogP) is 3.25. The molecule has 4 heteroatoms. The molecular formula is C13H11BrN2O. The van der Waals surface area contributed by atoms with Crippen LogP contribution in [0.5, 0.6) is 5.75 Å². The van der Waals surface area contributed by atoms with Crippen LogP contribution in [0.1, 0.15) is 11.6 Å². The van der Waals surface area contributed by atoms with Crippen molar-refractivity contribution in [1.29, 1.82) is 5.26 Å². The highest BCUT2D eigenvalue weighted by Crippen LogP contribution is 2.27. The van der Waals surface area contributed by atoms with Crippen LogP contribution >= 0.6 is 15.9 Å². The number of alkyl halides is 1. The van der Waals surface area contributed by atoms with Crippen molar-refractivity contribution < 1.29 is 4.74 Å². The molecule has 1 aromatic carbocycles. The maximum Gasteiger partial charge on any atom is 0.119 e. The summed E-state index contributed by atoms with van der Waals surface area (Å²) in [6, 6.07) is 9.98. The molecule has 0 radical (unpaired) electrons. The number of pyridine rings is 1. The van der Waals surface area contributed by atoms with Gasteiger partial charge in [-0.15, -0.1) is 0 Å². The molecule has 86 valence electrons. The molecule has 2 rings (SSSR count). The van der Waals surface area contributed by atoms with Gasteiger partial charge in [0.15, 0.2) is 0 Å². The Kier molecular flexibility index (Phi) is 3.60. The van der Waals surface area contributed by atoms with E-state index in [4.69, 9.17) is 10.00 Å². The normalized spacial score (nSPS) is 12.1. The Morgan fingerprint density at radius 2 is 2.29 bits per heavy atom. The molecular weight excluding hydrogens is 280 g/mol. The number of rotatable bonds is 3. The maximum atomic E-state index is 9.11. The Hall–Kier alpha value is -1.60. The number of halogens is 1. The second-order valence-electron chi connectivity index (χ2n) is 3.62. The molecule has 1 unspecified atom stereocenters. The Bertz CT molecular complexity index is 577. The van der Waals surface area contributed by atoms with Gasteiger partial charge in [-0.25, -0.2) is 0 Å². The van der Waals surface area contributed by atoms with Gasteiger partial charge in [0.2, 0.25) is 0 Å². The Balaban J connectivity index is 2.66. The van der Waals surface area contributed by atoms with Gasteiger partial charge in [0.25, 0.3) is 0 Å². The lowest BCUT2D eigenvalue weighted by molar-refractivity contribution is 0.415. The van der Waals surface area contributed by atoms with Crippen LogP contribution in [-0.2, 0) is 0 Å². The van der Waals surface area contributed by atoms with E-state index in [1.54, 1.807) is 13.3 Å². The minimum absolute atomic E-state index is 0.245. The molecule has 0 N–H and O–H groups in total. The number of aromatic nitrogens is 1. The maximum absolute atomic E-state index is 9.11. The number of benzene rings is 1. The first kappa shape index (κ1) is 11.9. The van der Waals surface area contributed by atoms with Gasteiger partial charge < -0.3 is 4.74 Å². The molecule has 0 saturated heterocycles. The average Bonchev–Trinajstić information content (AvgIpc) is 2.40. The predicted molar refractivity (Wildman–Crippen MR) is 70.4 cm³/mol. The second-order valence-corrected chi connectivity index (χ2v) is 4.27. The summed E-state index contributed by atoms with van der Waals surface area (Å²) in [7, 11) is 1.63. The van der Waals surface area contributed by atoms with Gasteiger partial charge in [-0.1, -0.05) is 22.0 Å². The molecule has 17 heavy (non-hydrogen) atoms. The molecule has 2 aromatic rings. The molecule has 0 aliphatic rings. The van der Waals surface area contributed by atoms with Crippen LogP contribution in [-0.4, -0.2) is 17.4 Å². The molecule has 0 aliphatic heterocycles. The highest BCUT2D eigenvalue weighted by molar-refractivity contribution is 9.09. The Morgan fingerprint density at radius 1 is 1.47 bits per heavy atom. The SMILES string of the molecule is COc1ccc2ccnc(C(C#N)CBr)c2c1. The monoisotopic (exact) mass is 290 g/mol. The van der Waals surface area contributed by atoms with E-state index in [1.165, 1.54) is 0 Å². The highest BCUT2D eigenvalue weighted by Gasteiger charge is 2.14. The minimum atomic E-state index is -0.245. The fourth-order valence-electron chi connectivity index (χ4n) is 1.74. The van der Waals surface area contributed by atoms with E-state index in [-0.39, 0.29) is 5.92 Å². The lowest BCUT2D eigenvalue weighted by Crippen LogP contribution is -2.01. The number of nitriles is 1. The molecule has 0 spiro atoms. The first-order chi connectivity index (χ1) is 8.30. The minimum Gasteiger partial charge on any atom is -0.497 e. The van der Waals surface area contributed by atoms with E-state index in [9.17, 15) is 0 Å². The zero-order chi connectivity index (χ0) is 12.3. The summed E-state index contributed by atoms with van der Waals surface area (Å²) in [5.41, 5.74) is 0.792. The van der Waals surface area contributed by atoms with E-state index in [1.807, 2.05) is 24.3 Å². The molecule has 3 nitrogen and oxygen atoms in total. The lowest BCUT2D eigenvalue weighted by atomic mass is 10.0. The number of nitrogens with zero attached hydrogens (tertiary/aromatic N) is 2. The quantitative estimate of drug-likeness (QED) is 0.815. The molecule has 1 heterocycles. The zero-order valence-electron chi connectivity index (χ0n) is 9.35. The van der Waals surface area contributed by atoms with Crippen LogP contribution in [0.4, 0.5) is 0 Å². The summed E-state index contributed by atoms with van der Waals surface area (Å²) in [4.78, 5) is 4.32. The van der Waals surface area contributed by atoms with Crippen molar-refractivity contribution in [3.05, 3.63) is 36.2 Å². The van der Waals surface area contributed by atoms with Crippen LogP contribution in [0.25, 0.3) is 10.8 Å². The number of ether oxygens (including phenoxy) is 1. The van der Waals surface area contributed by atoms with Gasteiger partial charge in [0.1, 0.15) is 5.75 Å². The summed E-state index contributed by atoms with van der Waals surface area (Å²) in [6.45, 7) is 0. The molecule has 0 amide bonds. The number of methoxy groups -OCH3 is 1. The zero-order valence-corrected chi connectivity index (χ0v) is 10.9. The number of hydrogen-bond acceptors (Lipinski definition) is 3. The largest absolute Gasteiger partial charge is 0.497 e. The van der Waals surface area contributed by atoms with Crippen molar-refractivity contribution in [3.63, 3.8) is 0 Å². The van der Waals surface area contributed by atoms with E-state index < -0.39 is 0 Å². The van der Waals surface area contributed by atoms with E-state index in [0.29, 0.717) is 5.33 Å². The Labute approximate surface area is 108 Å². The van der Waals surface area contributed by atoms with E-state index in [0.717, 1.165) is 22.2 Å². The second kappa shape index (κ2) is 5.15. The molecule has 0 fully saturated rings. The van der Waals surface area contributed by atoms with Crippen molar-refractivity contribution in [2.24, 2.45) is 0 Å². The third kappa shape index (κ3) is 2.25. The van der Waals surface area contributed by atoms with Crippen LogP contribution < -0.4 is 4.74 Å². The van der Waals surface area contributed by atoms with Gasteiger partial charge in [-0.2, -0.15) is 5.26 Å².